The summed E-state index contributed by atoms with van der Waals surface area (Å²) in [5.41, 5.74) is 3.28. The quantitative estimate of drug-likeness (QED) is 0.633. The van der Waals surface area contributed by atoms with Gasteiger partial charge >= 0.3 is 0 Å². The van der Waals surface area contributed by atoms with Crippen molar-refractivity contribution >= 4 is 11.3 Å². The molecule has 0 fully saturated rings. The predicted octanol–water partition coefficient (Wildman–Crippen LogP) is 4.05. The fraction of sp³-hybridized carbons (Fsp3) is 0.0588. The number of nitrogens with zero attached hydrogens (tertiary/aromatic N) is 2. The highest BCUT2D eigenvalue weighted by molar-refractivity contribution is 7.09. The molecule has 0 aliphatic rings. The molecule has 0 bridgehead atoms. The van der Waals surface area contributed by atoms with E-state index < -0.39 is 0 Å². The van der Waals surface area contributed by atoms with Crippen LogP contribution in [0.25, 0.3) is 11.3 Å². The highest BCUT2D eigenvalue weighted by Crippen LogP contribution is 2.17. The highest BCUT2D eigenvalue weighted by Gasteiger charge is 1.99. The third-order valence-corrected chi connectivity index (χ3v) is 3.63. The molecule has 3 rings (SSSR count). The van der Waals surface area contributed by atoms with E-state index in [0.29, 0.717) is 0 Å². The Bertz CT molecular complexity index is 808. The maximum atomic E-state index is 12.9. The van der Waals surface area contributed by atoms with Crippen molar-refractivity contribution in [1.29, 1.82) is 0 Å². The van der Waals surface area contributed by atoms with Gasteiger partial charge in [0, 0.05) is 22.7 Å². The van der Waals surface area contributed by atoms with E-state index in [-0.39, 0.29) is 5.82 Å². The molecule has 0 amide bonds. The lowest BCUT2D eigenvalue weighted by Gasteiger charge is -2.00. The Balaban J connectivity index is 1.81. The number of hydrogen-bond acceptors (Lipinski definition) is 3. The lowest BCUT2D eigenvalue weighted by atomic mass is 10.1. The summed E-state index contributed by atoms with van der Waals surface area (Å²) >= 11 is 1.58. The number of pyridine rings is 1. The van der Waals surface area contributed by atoms with Crippen LogP contribution in [0.3, 0.4) is 0 Å². The summed E-state index contributed by atoms with van der Waals surface area (Å²) < 4.78 is 12.9. The summed E-state index contributed by atoms with van der Waals surface area (Å²) in [5, 5.41) is 2.94. The first kappa shape index (κ1) is 13.5. The number of benzene rings is 1. The van der Waals surface area contributed by atoms with Crippen LogP contribution in [0.2, 0.25) is 0 Å². The highest BCUT2D eigenvalue weighted by atomic mass is 32.1. The minimum absolute atomic E-state index is 0.250. The molecule has 0 radical (unpaired) electrons. The molecule has 21 heavy (non-hydrogen) atoms. The lowest BCUT2D eigenvalue weighted by Crippen LogP contribution is -1.85. The molecule has 2 nitrogen and oxygen atoms in total. The molecule has 1 aromatic carbocycles. The number of hydrogen-bond donors (Lipinski definition) is 0. The van der Waals surface area contributed by atoms with Crippen LogP contribution < -0.4 is 0 Å². The third kappa shape index (κ3) is 3.33. The van der Waals surface area contributed by atoms with E-state index in [1.165, 1.54) is 12.1 Å². The van der Waals surface area contributed by atoms with Crippen LogP contribution in [0, 0.1) is 24.6 Å². The minimum atomic E-state index is -0.250. The zero-order chi connectivity index (χ0) is 14.7. The van der Waals surface area contributed by atoms with Crippen molar-refractivity contribution < 1.29 is 4.39 Å². The van der Waals surface area contributed by atoms with Gasteiger partial charge in [-0.2, -0.15) is 0 Å². The molecular formula is C17H11FN2S. The number of thiazole rings is 1. The topological polar surface area (TPSA) is 25.8 Å². The SMILES string of the molecule is Cc1nc(C#Cc2ccc(-c3ccc(F)cc3)nc2)cs1. The normalized spacial score (nSPS) is 10.0. The molecule has 2 aromatic heterocycles. The van der Waals surface area contributed by atoms with Gasteiger partial charge in [-0.15, -0.1) is 11.3 Å². The van der Waals surface area contributed by atoms with Crippen molar-refractivity contribution in [2.75, 3.05) is 0 Å². The van der Waals surface area contributed by atoms with Crippen LogP contribution in [0.5, 0.6) is 0 Å². The average molecular weight is 294 g/mol. The Labute approximate surface area is 126 Å². The Hall–Kier alpha value is -2.51. The largest absolute Gasteiger partial charge is 0.255 e. The van der Waals surface area contributed by atoms with Gasteiger partial charge in [0.05, 0.1) is 10.7 Å². The Morgan fingerprint density at radius 2 is 1.86 bits per heavy atom. The second-order valence-corrected chi connectivity index (χ2v) is 5.50. The summed E-state index contributed by atoms with van der Waals surface area (Å²) in [6.07, 6.45) is 1.71. The summed E-state index contributed by atoms with van der Waals surface area (Å²) in [6, 6.07) is 10.0. The van der Waals surface area contributed by atoms with Gasteiger partial charge in [0.25, 0.3) is 0 Å². The van der Waals surface area contributed by atoms with E-state index in [2.05, 4.69) is 21.8 Å². The van der Waals surface area contributed by atoms with E-state index in [0.717, 1.165) is 27.5 Å². The minimum Gasteiger partial charge on any atom is -0.255 e. The molecule has 2 heterocycles. The van der Waals surface area contributed by atoms with Crippen LogP contribution in [0.4, 0.5) is 4.39 Å². The van der Waals surface area contributed by atoms with Gasteiger partial charge in [0.1, 0.15) is 11.5 Å². The fourth-order valence-corrected chi connectivity index (χ4v) is 2.36. The van der Waals surface area contributed by atoms with Crippen LogP contribution in [-0.2, 0) is 0 Å². The van der Waals surface area contributed by atoms with E-state index in [1.54, 1.807) is 29.7 Å². The van der Waals surface area contributed by atoms with E-state index in [1.807, 2.05) is 24.4 Å². The van der Waals surface area contributed by atoms with Crippen LogP contribution in [0.15, 0.2) is 48.0 Å². The number of aryl methyl sites for hydroxylation is 1. The zero-order valence-corrected chi connectivity index (χ0v) is 12.1. The molecular weight excluding hydrogens is 283 g/mol. The first-order chi connectivity index (χ1) is 10.2. The smallest absolute Gasteiger partial charge is 0.124 e. The van der Waals surface area contributed by atoms with E-state index in [9.17, 15) is 4.39 Å². The van der Waals surface area contributed by atoms with Gasteiger partial charge in [-0.3, -0.25) is 4.98 Å². The average Bonchev–Trinajstić information content (AvgIpc) is 2.92. The van der Waals surface area contributed by atoms with Gasteiger partial charge in [0.2, 0.25) is 0 Å². The summed E-state index contributed by atoms with van der Waals surface area (Å²) in [4.78, 5) is 8.64. The molecule has 4 heteroatoms. The summed E-state index contributed by atoms with van der Waals surface area (Å²) in [7, 11) is 0. The van der Waals surface area contributed by atoms with Crippen LogP contribution in [-0.4, -0.2) is 9.97 Å². The Morgan fingerprint density at radius 3 is 2.48 bits per heavy atom. The molecule has 0 aliphatic carbocycles. The lowest BCUT2D eigenvalue weighted by molar-refractivity contribution is 0.628. The molecule has 102 valence electrons. The number of halogens is 1. The standard InChI is InChI=1S/C17H11FN2S/c1-12-20-16(11-21-12)8-2-13-3-9-17(19-10-13)14-4-6-15(18)7-5-14/h3-7,9-11H,1H3. The zero-order valence-electron chi connectivity index (χ0n) is 11.3. The van der Waals surface area contributed by atoms with Crippen molar-refractivity contribution in [1.82, 2.24) is 9.97 Å². The van der Waals surface area contributed by atoms with Gasteiger partial charge in [-0.05, 0) is 49.2 Å². The molecule has 0 saturated heterocycles. The van der Waals surface area contributed by atoms with E-state index >= 15 is 0 Å². The van der Waals surface area contributed by atoms with Crippen LogP contribution in [0.1, 0.15) is 16.3 Å². The Kier molecular flexibility index (Phi) is 3.76. The molecule has 0 spiro atoms. The van der Waals surface area contributed by atoms with Crippen molar-refractivity contribution in [2.24, 2.45) is 0 Å². The maximum absolute atomic E-state index is 12.9. The first-order valence-electron chi connectivity index (χ1n) is 6.37. The van der Waals surface area contributed by atoms with Gasteiger partial charge in [-0.1, -0.05) is 5.92 Å². The van der Waals surface area contributed by atoms with Crippen molar-refractivity contribution in [3.63, 3.8) is 0 Å². The fourth-order valence-electron chi connectivity index (χ4n) is 1.82. The molecule has 0 N–H and O–H groups in total. The van der Waals surface area contributed by atoms with Crippen molar-refractivity contribution in [2.45, 2.75) is 6.92 Å². The molecule has 3 aromatic rings. The molecule has 0 atom stereocenters. The number of aromatic nitrogens is 2. The van der Waals surface area contributed by atoms with Gasteiger partial charge in [0.15, 0.2) is 0 Å². The monoisotopic (exact) mass is 294 g/mol. The molecule has 0 unspecified atom stereocenters. The third-order valence-electron chi connectivity index (χ3n) is 2.86. The van der Waals surface area contributed by atoms with Crippen LogP contribution >= 0.6 is 11.3 Å². The number of rotatable bonds is 1. The predicted molar refractivity (Wildman–Crippen MR) is 82.5 cm³/mol. The Morgan fingerprint density at radius 1 is 1.05 bits per heavy atom. The van der Waals surface area contributed by atoms with Gasteiger partial charge in [-0.25, -0.2) is 9.37 Å². The second-order valence-electron chi connectivity index (χ2n) is 4.44. The van der Waals surface area contributed by atoms with E-state index in [4.69, 9.17) is 0 Å². The molecule has 0 aliphatic heterocycles. The second kappa shape index (κ2) is 5.86. The molecule has 0 saturated carbocycles. The summed E-state index contributed by atoms with van der Waals surface area (Å²) in [6.45, 7) is 1.95. The van der Waals surface area contributed by atoms with Gasteiger partial charge < -0.3 is 0 Å². The first-order valence-corrected chi connectivity index (χ1v) is 7.25. The summed E-state index contributed by atoms with van der Waals surface area (Å²) in [5.74, 6) is 5.79. The van der Waals surface area contributed by atoms with Crippen molar-refractivity contribution in [3.05, 3.63) is 70.1 Å². The maximum Gasteiger partial charge on any atom is 0.124 e. The van der Waals surface area contributed by atoms with Crippen molar-refractivity contribution in [3.8, 4) is 23.1 Å².